The van der Waals surface area contributed by atoms with Gasteiger partial charge in [-0.15, -0.1) is 0 Å². The van der Waals surface area contributed by atoms with Crippen LogP contribution in [0.3, 0.4) is 0 Å². The Morgan fingerprint density at radius 3 is 2.05 bits per heavy atom. The molecule has 0 aliphatic carbocycles. The molecule has 22 heavy (non-hydrogen) atoms. The van der Waals surface area contributed by atoms with E-state index in [1.54, 1.807) is 48.5 Å². The summed E-state index contributed by atoms with van der Waals surface area (Å²) in [5, 5.41) is 2.64. The van der Waals surface area contributed by atoms with E-state index in [9.17, 15) is 13.2 Å². The molecule has 0 aliphatic rings. The molecule has 0 aliphatic heterocycles. The first-order valence-corrected chi connectivity index (χ1v) is 8.18. The average Bonchev–Trinajstić information content (AvgIpc) is 2.47. The number of amides is 1. The topological polar surface area (TPSA) is 66.5 Å². The molecule has 0 atom stereocenters. The lowest BCUT2D eigenvalue weighted by Gasteiger charge is -2.20. The van der Waals surface area contributed by atoms with Crippen LogP contribution in [0.25, 0.3) is 0 Å². The van der Waals surface area contributed by atoms with Crippen molar-refractivity contribution < 1.29 is 13.2 Å². The highest BCUT2D eigenvalue weighted by Gasteiger charge is 2.20. The number of anilines is 2. The zero-order chi connectivity index (χ0) is 16.3. The van der Waals surface area contributed by atoms with Crippen LogP contribution >= 0.6 is 0 Å². The highest BCUT2D eigenvalue weighted by atomic mass is 32.2. The molecule has 0 radical (unpaired) electrons. The summed E-state index contributed by atoms with van der Waals surface area (Å²) in [5.41, 5.74) is 2.15. The van der Waals surface area contributed by atoms with Crippen molar-refractivity contribution in [3.05, 3.63) is 54.1 Å². The predicted octanol–water partition coefficient (Wildman–Crippen LogP) is 2.78. The third kappa shape index (κ3) is 3.46. The van der Waals surface area contributed by atoms with Crippen LogP contribution in [0, 0.1) is 6.92 Å². The summed E-state index contributed by atoms with van der Waals surface area (Å²) in [4.78, 5) is 11.2. The van der Waals surface area contributed by atoms with Crippen molar-refractivity contribution >= 4 is 27.3 Å². The fourth-order valence-corrected chi connectivity index (χ4v) is 3.16. The Morgan fingerprint density at radius 2 is 1.55 bits per heavy atom. The maximum atomic E-state index is 12.6. The van der Waals surface area contributed by atoms with Gasteiger partial charge in [0, 0.05) is 19.7 Å². The van der Waals surface area contributed by atoms with Gasteiger partial charge in [-0.3, -0.25) is 9.10 Å². The number of carbonyl (C=O) groups excluding carboxylic acids is 1. The van der Waals surface area contributed by atoms with Crippen LogP contribution in [0.2, 0.25) is 0 Å². The Kier molecular flexibility index (Phi) is 4.51. The summed E-state index contributed by atoms with van der Waals surface area (Å²) in [6.45, 7) is 3.32. The highest BCUT2D eigenvalue weighted by Crippen LogP contribution is 2.23. The average molecular weight is 318 g/mol. The van der Waals surface area contributed by atoms with Crippen LogP contribution in [0.4, 0.5) is 11.4 Å². The van der Waals surface area contributed by atoms with Crippen molar-refractivity contribution in [2.24, 2.45) is 0 Å². The SMILES string of the molecule is CC(=O)Nc1ccc(N(C)S(=O)(=O)c2ccc(C)cc2)cc1. The van der Waals surface area contributed by atoms with E-state index in [0.29, 0.717) is 11.4 Å². The molecule has 2 rings (SSSR count). The number of hydrogen-bond acceptors (Lipinski definition) is 3. The lowest BCUT2D eigenvalue weighted by Crippen LogP contribution is -2.26. The van der Waals surface area contributed by atoms with Gasteiger partial charge in [-0.05, 0) is 43.3 Å². The maximum absolute atomic E-state index is 12.6. The largest absolute Gasteiger partial charge is 0.326 e. The molecule has 2 aromatic rings. The molecule has 0 saturated carbocycles. The monoisotopic (exact) mass is 318 g/mol. The van der Waals surface area contributed by atoms with Gasteiger partial charge < -0.3 is 5.32 Å². The Bertz CT molecular complexity index is 766. The van der Waals surface area contributed by atoms with Crippen LogP contribution in [0.5, 0.6) is 0 Å². The molecular formula is C16H18N2O3S. The lowest BCUT2D eigenvalue weighted by molar-refractivity contribution is -0.114. The molecule has 0 spiro atoms. The Morgan fingerprint density at radius 1 is 1.00 bits per heavy atom. The van der Waals surface area contributed by atoms with Gasteiger partial charge in [-0.25, -0.2) is 8.42 Å². The number of rotatable bonds is 4. The molecule has 1 amide bonds. The molecule has 0 unspecified atom stereocenters. The van der Waals surface area contributed by atoms with Crippen molar-refractivity contribution in [1.29, 1.82) is 0 Å². The molecular weight excluding hydrogens is 300 g/mol. The van der Waals surface area contributed by atoms with Gasteiger partial charge in [-0.2, -0.15) is 0 Å². The predicted molar refractivity (Wildman–Crippen MR) is 87.5 cm³/mol. The van der Waals surface area contributed by atoms with Crippen molar-refractivity contribution in [2.45, 2.75) is 18.7 Å². The quantitative estimate of drug-likeness (QED) is 0.942. The fraction of sp³-hybridized carbons (Fsp3) is 0.188. The first-order valence-electron chi connectivity index (χ1n) is 6.74. The molecule has 6 heteroatoms. The molecule has 0 heterocycles. The minimum Gasteiger partial charge on any atom is -0.326 e. The zero-order valence-corrected chi connectivity index (χ0v) is 13.5. The molecule has 2 aromatic carbocycles. The van der Waals surface area contributed by atoms with E-state index in [1.807, 2.05) is 6.92 Å². The molecule has 0 fully saturated rings. The first-order chi connectivity index (χ1) is 10.3. The second-order valence-electron chi connectivity index (χ2n) is 5.01. The van der Waals surface area contributed by atoms with E-state index in [1.165, 1.54) is 18.3 Å². The maximum Gasteiger partial charge on any atom is 0.264 e. The van der Waals surface area contributed by atoms with E-state index in [2.05, 4.69) is 5.32 Å². The van der Waals surface area contributed by atoms with Crippen LogP contribution < -0.4 is 9.62 Å². The van der Waals surface area contributed by atoms with Crippen molar-refractivity contribution in [1.82, 2.24) is 0 Å². The van der Waals surface area contributed by atoms with Gasteiger partial charge in [0.15, 0.2) is 0 Å². The Labute approximate surface area is 130 Å². The summed E-state index contributed by atoms with van der Waals surface area (Å²) in [7, 11) is -2.10. The number of nitrogens with one attached hydrogen (secondary N) is 1. The number of carbonyl (C=O) groups is 1. The number of nitrogens with zero attached hydrogens (tertiary/aromatic N) is 1. The summed E-state index contributed by atoms with van der Waals surface area (Å²) >= 11 is 0. The minimum absolute atomic E-state index is 0.173. The van der Waals surface area contributed by atoms with Gasteiger partial charge in [0.05, 0.1) is 10.6 Å². The summed E-state index contributed by atoms with van der Waals surface area (Å²) in [6.07, 6.45) is 0. The molecule has 116 valence electrons. The second kappa shape index (κ2) is 6.19. The molecule has 0 bridgehead atoms. The number of aryl methyl sites for hydroxylation is 1. The molecule has 0 aromatic heterocycles. The Balaban J connectivity index is 2.28. The van der Waals surface area contributed by atoms with Crippen LogP contribution in [0.15, 0.2) is 53.4 Å². The van der Waals surface area contributed by atoms with Gasteiger partial charge >= 0.3 is 0 Å². The summed E-state index contributed by atoms with van der Waals surface area (Å²) in [5.74, 6) is -0.173. The number of sulfonamides is 1. The summed E-state index contributed by atoms with van der Waals surface area (Å²) in [6, 6.07) is 13.3. The second-order valence-corrected chi connectivity index (χ2v) is 6.98. The van der Waals surface area contributed by atoms with Gasteiger partial charge in [0.2, 0.25) is 5.91 Å². The minimum atomic E-state index is -3.60. The number of hydrogen-bond donors (Lipinski definition) is 1. The van der Waals surface area contributed by atoms with Crippen LogP contribution in [0.1, 0.15) is 12.5 Å². The van der Waals surface area contributed by atoms with Gasteiger partial charge in [0.25, 0.3) is 10.0 Å². The molecule has 5 nitrogen and oxygen atoms in total. The first kappa shape index (κ1) is 16.0. The smallest absolute Gasteiger partial charge is 0.264 e. The van der Waals surface area contributed by atoms with E-state index >= 15 is 0 Å². The molecule has 0 saturated heterocycles. The Hall–Kier alpha value is -2.34. The van der Waals surface area contributed by atoms with Crippen molar-refractivity contribution in [3.63, 3.8) is 0 Å². The number of benzene rings is 2. The normalized spacial score (nSPS) is 11.0. The third-order valence-electron chi connectivity index (χ3n) is 3.23. The third-order valence-corrected chi connectivity index (χ3v) is 5.03. The van der Waals surface area contributed by atoms with Crippen LogP contribution in [-0.2, 0) is 14.8 Å². The van der Waals surface area contributed by atoms with Crippen LogP contribution in [-0.4, -0.2) is 21.4 Å². The molecule has 1 N–H and O–H groups in total. The summed E-state index contributed by atoms with van der Waals surface area (Å²) < 4.78 is 26.3. The van der Waals surface area contributed by atoms with Crippen molar-refractivity contribution in [2.75, 3.05) is 16.7 Å². The lowest BCUT2D eigenvalue weighted by atomic mass is 10.2. The van der Waals surface area contributed by atoms with Gasteiger partial charge in [-0.1, -0.05) is 17.7 Å². The van der Waals surface area contributed by atoms with Crippen molar-refractivity contribution in [3.8, 4) is 0 Å². The highest BCUT2D eigenvalue weighted by molar-refractivity contribution is 7.92. The van der Waals surface area contributed by atoms with Gasteiger partial charge in [0.1, 0.15) is 0 Å². The van der Waals surface area contributed by atoms with E-state index in [0.717, 1.165) is 5.56 Å². The van der Waals surface area contributed by atoms with E-state index in [4.69, 9.17) is 0 Å². The zero-order valence-electron chi connectivity index (χ0n) is 12.7. The fourth-order valence-electron chi connectivity index (χ4n) is 1.97. The standard InChI is InChI=1S/C16H18N2O3S/c1-12-4-10-16(11-5-12)22(20,21)18(3)15-8-6-14(7-9-15)17-13(2)19/h4-11H,1-3H3,(H,17,19). The van der Waals surface area contributed by atoms with E-state index < -0.39 is 10.0 Å². The van der Waals surface area contributed by atoms with E-state index in [-0.39, 0.29) is 10.8 Å².